The van der Waals surface area contributed by atoms with Gasteiger partial charge in [0.05, 0.1) is 19.0 Å². The first kappa shape index (κ1) is 17.1. The van der Waals surface area contributed by atoms with Gasteiger partial charge < -0.3 is 19.5 Å². The van der Waals surface area contributed by atoms with E-state index >= 15 is 0 Å². The third kappa shape index (κ3) is 4.07. The maximum absolute atomic E-state index is 9.71. The second-order valence-corrected chi connectivity index (χ2v) is 6.99. The number of phenolic OH excluding ortho intramolecular Hbond substituents is 1. The molecule has 1 saturated carbocycles. The van der Waals surface area contributed by atoms with Gasteiger partial charge in [0.2, 0.25) is 5.88 Å². The predicted molar refractivity (Wildman–Crippen MR) is 98.5 cm³/mol. The van der Waals surface area contributed by atoms with E-state index in [2.05, 4.69) is 14.9 Å². The average molecular weight is 355 g/mol. The minimum atomic E-state index is -0.0967. The second kappa shape index (κ2) is 7.91. The summed E-state index contributed by atoms with van der Waals surface area (Å²) in [7, 11) is 0. The molecule has 4 rings (SSSR count). The van der Waals surface area contributed by atoms with E-state index in [-0.39, 0.29) is 18.0 Å². The number of hydrogen-bond donors (Lipinski definition) is 1. The molecule has 0 bridgehead atoms. The Balaban J connectivity index is 1.45. The van der Waals surface area contributed by atoms with Crippen molar-refractivity contribution in [1.29, 1.82) is 0 Å². The summed E-state index contributed by atoms with van der Waals surface area (Å²) in [4.78, 5) is 11.2. The highest BCUT2D eigenvalue weighted by Gasteiger charge is 2.24. The topological polar surface area (TPSA) is 67.7 Å². The molecule has 2 aliphatic rings. The summed E-state index contributed by atoms with van der Waals surface area (Å²) < 4.78 is 11.9. The Kier molecular flexibility index (Phi) is 5.20. The third-order valence-corrected chi connectivity index (χ3v) is 5.07. The van der Waals surface area contributed by atoms with Crippen LogP contribution in [0.3, 0.4) is 0 Å². The number of morpholine rings is 1. The normalized spacial score (nSPS) is 21.5. The maximum Gasteiger partial charge on any atom is 0.234 e. The highest BCUT2D eigenvalue weighted by Crippen LogP contribution is 2.28. The van der Waals surface area contributed by atoms with Gasteiger partial charge in [-0.3, -0.25) is 4.98 Å². The van der Waals surface area contributed by atoms with Crippen molar-refractivity contribution in [3.05, 3.63) is 42.2 Å². The maximum atomic E-state index is 9.71. The average Bonchev–Trinajstić information content (AvgIpc) is 2.69. The van der Waals surface area contributed by atoms with Crippen LogP contribution in [0, 0.1) is 0 Å². The zero-order valence-electron chi connectivity index (χ0n) is 14.9. The molecule has 2 heterocycles. The van der Waals surface area contributed by atoms with Crippen LogP contribution in [0.1, 0.15) is 43.8 Å². The van der Waals surface area contributed by atoms with E-state index in [1.807, 2.05) is 12.1 Å². The van der Waals surface area contributed by atoms with Crippen LogP contribution in [0.5, 0.6) is 11.6 Å². The molecule has 0 radical (unpaired) electrons. The highest BCUT2D eigenvalue weighted by molar-refractivity contribution is 5.39. The highest BCUT2D eigenvalue weighted by atomic mass is 16.5. The van der Waals surface area contributed by atoms with Crippen molar-refractivity contribution in [2.45, 2.75) is 44.3 Å². The lowest BCUT2D eigenvalue weighted by molar-refractivity contribution is 0.0393. The second-order valence-electron chi connectivity index (χ2n) is 6.99. The Morgan fingerprint density at radius 3 is 2.88 bits per heavy atom. The quantitative estimate of drug-likeness (QED) is 0.906. The van der Waals surface area contributed by atoms with E-state index in [9.17, 15) is 5.11 Å². The first-order chi connectivity index (χ1) is 12.8. The zero-order valence-corrected chi connectivity index (χ0v) is 14.9. The van der Waals surface area contributed by atoms with Crippen molar-refractivity contribution in [3.8, 4) is 11.6 Å². The molecule has 1 N–H and O–H groups in total. The van der Waals surface area contributed by atoms with Crippen LogP contribution in [0.2, 0.25) is 0 Å². The number of aromatic nitrogens is 2. The Hall–Kier alpha value is -2.34. The fourth-order valence-electron chi connectivity index (χ4n) is 3.69. The number of rotatable bonds is 4. The molecule has 1 saturated heterocycles. The molecule has 6 nitrogen and oxygen atoms in total. The largest absolute Gasteiger partial charge is 0.508 e. The van der Waals surface area contributed by atoms with Crippen molar-refractivity contribution in [2.75, 3.05) is 24.6 Å². The summed E-state index contributed by atoms with van der Waals surface area (Å²) in [6.07, 6.45) is 9.60. The van der Waals surface area contributed by atoms with Gasteiger partial charge >= 0.3 is 0 Å². The lowest BCUT2D eigenvalue weighted by Gasteiger charge is -2.34. The Bertz CT molecular complexity index is 734. The number of aromatic hydroxyl groups is 1. The van der Waals surface area contributed by atoms with Crippen LogP contribution < -0.4 is 9.64 Å². The summed E-state index contributed by atoms with van der Waals surface area (Å²) in [5, 5.41) is 9.71. The van der Waals surface area contributed by atoms with Crippen LogP contribution in [-0.2, 0) is 4.74 Å². The molecule has 1 aliphatic carbocycles. The molecule has 1 aliphatic heterocycles. The van der Waals surface area contributed by atoms with E-state index in [0.29, 0.717) is 19.0 Å². The van der Waals surface area contributed by atoms with Crippen molar-refractivity contribution in [1.82, 2.24) is 9.97 Å². The fraction of sp³-hybridized carbons (Fsp3) is 0.500. The van der Waals surface area contributed by atoms with Gasteiger partial charge in [0, 0.05) is 13.1 Å². The number of hydrogen-bond acceptors (Lipinski definition) is 6. The van der Waals surface area contributed by atoms with Gasteiger partial charge in [0.15, 0.2) is 5.82 Å². The molecular weight excluding hydrogens is 330 g/mol. The van der Waals surface area contributed by atoms with Gasteiger partial charge in [-0.1, -0.05) is 18.6 Å². The van der Waals surface area contributed by atoms with E-state index in [1.54, 1.807) is 24.5 Å². The monoisotopic (exact) mass is 355 g/mol. The summed E-state index contributed by atoms with van der Waals surface area (Å²) >= 11 is 0. The summed E-state index contributed by atoms with van der Waals surface area (Å²) in [5.74, 6) is 1.67. The summed E-state index contributed by atoms with van der Waals surface area (Å²) in [5.41, 5.74) is 0.970. The number of ether oxygens (including phenoxy) is 2. The van der Waals surface area contributed by atoms with Gasteiger partial charge in [0.1, 0.15) is 18.0 Å². The number of benzene rings is 1. The van der Waals surface area contributed by atoms with E-state index in [4.69, 9.17) is 9.47 Å². The van der Waals surface area contributed by atoms with Crippen molar-refractivity contribution >= 4 is 5.82 Å². The minimum absolute atomic E-state index is 0.0967. The van der Waals surface area contributed by atoms with Gasteiger partial charge in [0.25, 0.3) is 0 Å². The molecule has 1 unspecified atom stereocenters. The van der Waals surface area contributed by atoms with E-state index in [0.717, 1.165) is 30.8 Å². The summed E-state index contributed by atoms with van der Waals surface area (Å²) in [6, 6.07) is 7.23. The molecule has 26 heavy (non-hydrogen) atoms. The van der Waals surface area contributed by atoms with Gasteiger partial charge in [-0.15, -0.1) is 0 Å². The standard InChI is InChI=1S/C20H25N3O3/c24-16-6-4-5-15(11-16)18-14-23(9-10-25-18)19-12-21-13-20(22-19)26-17-7-2-1-3-8-17/h4-6,11-13,17-18,24H,1-3,7-10,14H2. The Labute approximate surface area is 153 Å². The molecule has 138 valence electrons. The van der Waals surface area contributed by atoms with Crippen molar-refractivity contribution in [3.63, 3.8) is 0 Å². The summed E-state index contributed by atoms with van der Waals surface area (Å²) in [6.45, 7) is 2.04. The third-order valence-electron chi connectivity index (χ3n) is 5.07. The van der Waals surface area contributed by atoms with Crippen LogP contribution >= 0.6 is 0 Å². The molecule has 6 heteroatoms. The SMILES string of the molecule is Oc1cccc(C2CN(c3cncc(OC4CCCCC4)n3)CCO2)c1. The molecule has 2 aromatic rings. The zero-order chi connectivity index (χ0) is 17.8. The van der Waals surface area contributed by atoms with E-state index < -0.39 is 0 Å². The predicted octanol–water partition coefficient (Wildman–Crippen LogP) is 3.47. The minimum Gasteiger partial charge on any atom is -0.508 e. The van der Waals surface area contributed by atoms with Crippen LogP contribution in [0.25, 0.3) is 0 Å². The van der Waals surface area contributed by atoms with E-state index in [1.165, 1.54) is 19.3 Å². The number of nitrogens with zero attached hydrogens (tertiary/aromatic N) is 3. The molecule has 1 atom stereocenters. The van der Waals surface area contributed by atoms with Crippen molar-refractivity contribution in [2.24, 2.45) is 0 Å². The van der Waals surface area contributed by atoms with Crippen LogP contribution in [0.15, 0.2) is 36.7 Å². The lowest BCUT2D eigenvalue weighted by atomic mass is 9.98. The van der Waals surface area contributed by atoms with Gasteiger partial charge in [-0.05, 0) is 43.4 Å². The number of phenols is 1. The molecule has 1 aromatic carbocycles. The van der Waals surface area contributed by atoms with Crippen LogP contribution in [0.4, 0.5) is 5.82 Å². The van der Waals surface area contributed by atoms with Crippen LogP contribution in [-0.4, -0.2) is 40.9 Å². The first-order valence-corrected chi connectivity index (χ1v) is 9.42. The smallest absolute Gasteiger partial charge is 0.234 e. The molecule has 1 aromatic heterocycles. The van der Waals surface area contributed by atoms with Crippen molar-refractivity contribution < 1.29 is 14.6 Å². The fourth-order valence-corrected chi connectivity index (χ4v) is 3.69. The lowest BCUT2D eigenvalue weighted by Crippen LogP contribution is -2.39. The van der Waals surface area contributed by atoms with Gasteiger partial charge in [-0.25, -0.2) is 0 Å². The molecule has 0 amide bonds. The molecular formula is C20H25N3O3. The van der Waals surface area contributed by atoms with Gasteiger partial charge in [-0.2, -0.15) is 4.98 Å². The molecule has 2 fully saturated rings. The Morgan fingerprint density at radius 2 is 2.04 bits per heavy atom. The first-order valence-electron chi connectivity index (χ1n) is 9.42. The molecule has 0 spiro atoms. The number of anilines is 1. The Morgan fingerprint density at radius 1 is 1.15 bits per heavy atom.